The molecule has 6 nitrogen and oxygen atoms in total. The topological polar surface area (TPSA) is 84.5 Å². The van der Waals surface area contributed by atoms with Crippen LogP contribution in [0.5, 0.6) is 11.5 Å². The van der Waals surface area contributed by atoms with Gasteiger partial charge in [0, 0.05) is 23.5 Å². The van der Waals surface area contributed by atoms with Crippen molar-refractivity contribution in [2.75, 3.05) is 0 Å². The lowest BCUT2D eigenvalue weighted by molar-refractivity contribution is -0.137. The molecular weight excluding hydrogens is 416 g/mol. The van der Waals surface area contributed by atoms with Crippen molar-refractivity contribution in [2.24, 2.45) is 0 Å². The van der Waals surface area contributed by atoms with Crippen molar-refractivity contribution < 1.29 is 19.4 Å². The van der Waals surface area contributed by atoms with Gasteiger partial charge in [0.25, 0.3) is 0 Å². The minimum absolute atomic E-state index is 0.00943. The number of benzene rings is 2. The highest BCUT2D eigenvalue weighted by atomic mass is 35.5. The van der Waals surface area contributed by atoms with Crippen LogP contribution in [-0.4, -0.2) is 21.7 Å². The summed E-state index contributed by atoms with van der Waals surface area (Å²) in [6, 6.07) is 13.4. The molecule has 3 aromatic rings. The van der Waals surface area contributed by atoms with Gasteiger partial charge < -0.3 is 19.1 Å². The Balaban J connectivity index is 1.55. The number of hydrogen-bond donors (Lipinski definition) is 1. The van der Waals surface area contributed by atoms with Gasteiger partial charge in [0.2, 0.25) is 0 Å². The zero-order valence-corrected chi connectivity index (χ0v) is 18.1. The molecule has 0 bridgehead atoms. The van der Waals surface area contributed by atoms with Crippen LogP contribution in [0.3, 0.4) is 0 Å². The SMILES string of the molecule is CC(C)Oc1ccc(COc2ccc3c(c2)c(Cl)c2n3CCC2CC(=O)O)cc1C#N. The average Bonchev–Trinajstić information content (AvgIpc) is 3.26. The number of rotatable bonds is 7. The molecule has 1 atom stereocenters. The van der Waals surface area contributed by atoms with Gasteiger partial charge in [0.15, 0.2) is 0 Å². The number of hydrogen-bond acceptors (Lipinski definition) is 4. The van der Waals surface area contributed by atoms with Crippen LogP contribution in [0.15, 0.2) is 36.4 Å². The molecule has 0 saturated heterocycles. The lowest BCUT2D eigenvalue weighted by atomic mass is 10.0. The minimum atomic E-state index is -0.814. The van der Waals surface area contributed by atoms with Gasteiger partial charge in [-0.1, -0.05) is 17.7 Å². The Hall–Kier alpha value is -3.17. The Morgan fingerprint density at radius 3 is 2.84 bits per heavy atom. The summed E-state index contributed by atoms with van der Waals surface area (Å²) in [4.78, 5) is 11.2. The number of carboxylic acids is 1. The number of nitrogens with zero attached hydrogens (tertiary/aromatic N) is 2. The van der Waals surface area contributed by atoms with Gasteiger partial charge in [-0.05, 0) is 56.2 Å². The highest BCUT2D eigenvalue weighted by molar-refractivity contribution is 6.36. The molecule has 7 heteroatoms. The third kappa shape index (κ3) is 4.19. The van der Waals surface area contributed by atoms with E-state index in [0.717, 1.165) is 35.1 Å². The number of halogens is 1. The van der Waals surface area contributed by atoms with Crippen LogP contribution in [0, 0.1) is 11.3 Å². The molecule has 0 fully saturated rings. The fourth-order valence-electron chi connectivity index (χ4n) is 4.15. The van der Waals surface area contributed by atoms with Crippen LogP contribution in [0.25, 0.3) is 10.9 Å². The third-order valence-electron chi connectivity index (χ3n) is 5.45. The quantitative estimate of drug-likeness (QED) is 0.526. The summed E-state index contributed by atoms with van der Waals surface area (Å²) in [6.45, 7) is 4.90. The summed E-state index contributed by atoms with van der Waals surface area (Å²) in [7, 11) is 0. The second kappa shape index (κ2) is 8.52. The van der Waals surface area contributed by atoms with Gasteiger partial charge in [-0.25, -0.2) is 0 Å². The summed E-state index contributed by atoms with van der Waals surface area (Å²) in [5.74, 6) is 0.339. The van der Waals surface area contributed by atoms with Crippen molar-refractivity contribution in [3.8, 4) is 17.6 Å². The summed E-state index contributed by atoms with van der Waals surface area (Å²) < 4.78 is 13.7. The number of aryl methyl sites for hydroxylation is 1. The first-order valence-corrected chi connectivity index (χ1v) is 10.6. The number of nitriles is 1. The summed E-state index contributed by atoms with van der Waals surface area (Å²) >= 11 is 6.65. The second-order valence-corrected chi connectivity index (χ2v) is 8.39. The van der Waals surface area contributed by atoms with E-state index < -0.39 is 5.97 Å². The monoisotopic (exact) mass is 438 g/mol. The molecule has 2 heterocycles. The van der Waals surface area contributed by atoms with Crippen molar-refractivity contribution in [2.45, 2.75) is 51.9 Å². The standard InChI is InChI=1S/C24H23ClN2O4/c1-14(2)31-21-6-3-15(9-17(21)12-26)13-30-18-4-5-20-19(11-18)23(25)24-16(10-22(28)29)7-8-27(20)24/h3-6,9,11,14,16H,7-8,10,13H2,1-2H3,(H,28,29). The Labute approximate surface area is 185 Å². The molecule has 0 aliphatic carbocycles. The van der Waals surface area contributed by atoms with Gasteiger partial charge in [0.1, 0.15) is 24.2 Å². The second-order valence-electron chi connectivity index (χ2n) is 8.01. The lowest BCUT2D eigenvalue weighted by Crippen LogP contribution is -2.07. The van der Waals surface area contributed by atoms with Crippen molar-refractivity contribution in [1.29, 1.82) is 5.26 Å². The fraction of sp³-hybridized carbons (Fsp3) is 0.333. The summed E-state index contributed by atoms with van der Waals surface area (Å²) in [5.41, 5.74) is 3.22. The number of fused-ring (bicyclic) bond motifs is 3. The molecule has 1 aromatic heterocycles. The highest BCUT2D eigenvalue weighted by Crippen LogP contribution is 2.43. The molecular formula is C24H23ClN2O4. The maximum Gasteiger partial charge on any atom is 0.304 e. The molecule has 4 rings (SSSR count). The lowest BCUT2D eigenvalue weighted by Gasteiger charge is -2.13. The van der Waals surface area contributed by atoms with Crippen LogP contribution in [0.2, 0.25) is 5.02 Å². The molecule has 0 radical (unpaired) electrons. The smallest absolute Gasteiger partial charge is 0.304 e. The van der Waals surface area contributed by atoms with Gasteiger partial charge >= 0.3 is 5.97 Å². The van der Waals surface area contributed by atoms with Crippen molar-refractivity contribution >= 4 is 28.5 Å². The largest absolute Gasteiger partial charge is 0.490 e. The van der Waals surface area contributed by atoms with E-state index in [4.69, 9.17) is 21.1 Å². The molecule has 0 amide bonds. The van der Waals surface area contributed by atoms with Crippen LogP contribution >= 0.6 is 11.6 Å². The molecule has 1 N–H and O–H groups in total. The van der Waals surface area contributed by atoms with Crippen molar-refractivity contribution in [3.63, 3.8) is 0 Å². The molecule has 1 aliphatic heterocycles. The van der Waals surface area contributed by atoms with Crippen molar-refractivity contribution in [3.05, 3.63) is 58.2 Å². The summed E-state index contributed by atoms with van der Waals surface area (Å²) in [6.07, 6.45) is 0.856. The van der Waals surface area contributed by atoms with Gasteiger partial charge in [-0.3, -0.25) is 4.79 Å². The highest BCUT2D eigenvalue weighted by Gasteiger charge is 2.30. The van der Waals surface area contributed by atoms with Crippen molar-refractivity contribution in [1.82, 2.24) is 4.57 Å². The van der Waals surface area contributed by atoms with E-state index in [-0.39, 0.29) is 18.4 Å². The number of aromatic nitrogens is 1. The van der Waals surface area contributed by atoms with Crippen LogP contribution in [-0.2, 0) is 17.9 Å². The molecule has 2 aromatic carbocycles. The average molecular weight is 439 g/mol. The van der Waals surface area contributed by atoms with Gasteiger partial charge in [0.05, 0.1) is 28.6 Å². The first-order chi connectivity index (χ1) is 14.9. The molecule has 160 valence electrons. The van der Waals surface area contributed by atoms with E-state index >= 15 is 0 Å². The number of ether oxygens (including phenoxy) is 2. The van der Waals surface area contributed by atoms with E-state index in [0.29, 0.717) is 28.7 Å². The third-order valence-corrected chi connectivity index (χ3v) is 5.85. The molecule has 0 saturated carbocycles. The predicted octanol–water partition coefficient (Wildman–Crippen LogP) is 5.49. The molecule has 1 unspecified atom stereocenters. The summed E-state index contributed by atoms with van der Waals surface area (Å²) in [5, 5.41) is 20.0. The van der Waals surface area contributed by atoms with Gasteiger partial charge in [-0.15, -0.1) is 0 Å². The molecule has 1 aliphatic rings. The number of carboxylic acid groups (broad SMARTS) is 1. The number of aliphatic carboxylic acids is 1. The Morgan fingerprint density at radius 1 is 1.32 bits per heavy atom. The van der Waals surface area contributed by atoms with E-state index in [1.54, 1.807) is 12.1 Å². The van der Waals surface area contributed by atoms with Crippen LogP contribution in [0.4, 0.5) is 0 Å². The van der Waals surface area contributed by atoms with E-state index in [1.807, 2.05) is 38.1 Å². The predicted molar refractivity (Wildman–Crippen MR) is 118 cm³/mol. The first-order valence-electron chi connectivity index (χ1n) is 10.2. The van der Waals surface area contributed by atoms with Crippen LogP contribution in [0.1, 0.15) is 49.4 Å². The minimum Gasteiger partial charge on any atom is -0.490 e. The van der Waals surface area contributed by atoms with E-state index in [9.17, 15) is 15.2 Å². The fourth-order valence-corrected chi connectivity index (χ4v) is 4.56. The van der Waals surface area contributed by atoms with E-state index in [2.05, 4.69) is 10.6 Å². The zero-order valence-electron chi connectivity index (χ0n) is 17.4. The number of carbonyl (C=O) groups is 1. The maximum atomic E-state index is 11.2. The molecule has 31 heavy (non-hydrogen) atoms. The molecule has 0 spiro atoms. The first kappa shape index (κ1) is 21.1. The maximum absolute atomic E-state index is 11.2. The van der Waals surface area contributed by atoms with Crippen LogP contribution < -0.4 is 9.47 Å². The normalized spacial score (nSPS) is 15.1. The zero-order chi connectivity index (χ0) is 22.1. The Bertz CT molecular complexity index is 1190. The van der Waals surface area contributed by atoms with E-state index in [1.165, 1.54) is 0 Å². The Kier molecular flexibility index (Phi) is 5.79. The van der Waals surface area contributed by atoms with Gasteiger partial charge in [-0.2, -0.15) is 5.26 Å². The Morgan fingerprint density at radius 2 is 2.13 bits per heavy atom.